The Morgan fingerprint density at radius 3 is 2.85 bits per heavy atom. The topological polar surface area (TPSA) is 63.3 Å². The lowest BCUT2D eigenvalue weighted by molar-refractivity contribution is 0.0699. The van der Waals surface area contributed by atoms with Crippen molar-refractivity contribution in [3.05, 3.63) is 50.0 Å². The molecule has 0 aliphatic carbocycles. The van der Waals surface area contributed by atoms with Crippen molar-refractivity contribution in [1.29, 1.82) is 0 Å². The molecule has 0 aliphatic rings. The molecule has 0 fully saturated rings. The van der Waals surface area contributed by atoms with E-state index in [0.29, 0.717) is 17.0 Å². The number of hydrogen-bond donors (Lipinski definition) is 1. The smallest absolute Gasteiger partial charge is 0.338 e. The Morgan fingerprint density at radius 2 is 2.10 bits per heavy atom. The summed E-state index contributed by atoms with van der Waals surface area (Å²) in [6.45, 7) is 0. The van der Waals surface area contributed by atoms with Crippen LogP contribution in [-0.2, 0) is 0 Å². The number of aromatic carboxylic acids is 1. The molecule has 1 heterocycles. The molecule has 1 N–H and O–H groups in total. The Hall–Kier alpha value is -1.41. The zero-order valence-electron chi connectivity index (χ0n) is 9.93. The fourth-order valence-electron chi connectivity index (χ4n) is 1.90. The highest BCUT2D eigenvalue weighted by molar-refractivity contribution is 14.1. The number of carbonyl (C=O) groups is 1. The maximum absolute atomic E-state index is 11.2. The number of rotatable bonds is 2. The minimum Gasteiger partial charge on any atom is -0.478 e. The monoisotopic (exact) mass is 443 g/mol. The first kappa shape index (κ1) is 13.6. The third-order valence-corrected chi connectivity index (χ3v) is 4.24. The molecule has 0 unspecified atom stereocenters. The summed E-state index contributed by atoms with van der Waals surface area (Å²) >= 11 is 5.60. The highest BCUT2D eigenvalue weighted by atomic mass is 127. The molecule has 3 aromatic rings. The van der Waals surface area contributed by atoms with Crippen molar-refractivity contribution in [3.63, 3.8) is 0 Å². The predicted molar refractivity (Wildman–Crippen MR) is 86.8 cm³/mol. The Labute approximate surface area is 136 Å². The van der Waals surface area contributed by atoms with Gasteiger partial charge in [0.1, 0.15) is 5.52 Å². The van der Waals surface area contributed by atoms with Gasteiger partial charge < -0.3 is 9.52 Å². The second kappa shape index (κ2) is 5.17. The predicted octanol–water partition coefficient (Wildman–Crippen LogP) is 4.56. The third kappa shape index (κ3) is 2.33. The first-order valence-corrected chi connectivity index (χ1v) is 7.51. The van der Waals surface area contributed by atoms with Gasteiger partial charge in [0.15, 0.2) is 5.58 Å². The number of oxazole rings is 1. The lowest BCUT2D eigenvalue weighted by atomic mass is 10.2. The first-order valence-electron chi connectivity index (χ1n) is 5.64. The molecule has 100 valence electrons. The molecule has 4 nitrogen and oxygen atoms in total. The number of aromatic nitrogens is 1. The highest BCUT2D eigenvalue weighted by Gasteiger charge is 2.16. The fourth-order valence-corrected chi connectivity index (χ4v) is 2.82. The van der Waals surface area contributed by atoms with Crippen molar-refractivity contribution in [2.75, 3.05) is 0 Å². The molecule has 6 heteroatoms. The molecule has 0 radical (unpaired) electrons. The average Bonchev–Trinajstić information content (AvgIpc) is 2.84. The first-order chi connectivity index (χ1) is 9.56. The van der Waals surface area contributed by atoms with Crippen LogP contribution in [0, 0.1) is 3.57 Å². The summed E-state index contributed by atoms with van der Waals surface area (Å²) in [4.78, 5) is 15.5. The molecule has 1 aromatic heterocycles. The number of hydrogen-bond acceptors (Lipinski definition) is 3. The molecular formula is C14H7BrINO3. The summed E-state index contributed by atoms with van der Waals surface area (Å²) in [7, 11) is 0. The molecule has 0 spiro atoms. The van der Waals surface area contributed by atoms with Gasteiger partial charge in [-0.15, -0.1) is 0 Å². The molecule has 0 atom stereocenters. The largest absolute Gasteiger partial charge is 0.478 e. The summed E-state index contributed by atoms with van der Waals surface area (Å²) in [6, 6.07) is 10.6. The zero-order chi connectivity index (χ0) is 14.3. The van der Waals surface area contributed by atoms with E-state index in [1.54, 1.807) is 12.1 Å². The van der Waals surface area contributed by atoms with Crippen LogP contribution in [0.3, 0.4) is 0 Å². The SMILES string of the molecule is O=C(O)c1cccc2oc(-c3cc(Br)ccc3I)nc12. The van der Waals surface area contributed by atoms with Crippen LogP contribution >= 0.6 is 38.5 Å². The van der Waals surface area contributed by atoms with Crippen LogP contribution in [0.4, 0.5) is 0 Å². The van der Waals surface area contributed by atoms with Crippen LogP contribution in [0.2, 0.25) is 0 Å². The van der Waals surface area contributed by atoms with E-state index in [-0.39, 0.29) is 5.56 Å². The molecule has 20 heavy (non-hydrogen) atoms. The van der Waals surface area contributed by atoms with E-state index in [9.17, 15) is 9.90 Å². The van der Waals surface area contributed by atoms with E-state index in [2.05, 4.69) is 43.5 Å². The van der Waals surface area contributed by atoms with Gasteiger partial charge in [0.2, 0.25) is 5.89 Å². The van der Waals surface area contributed by atoms with E-state index in [0.717, 1.165) is 13.6 Å². The van der Waals surface area contributed by atoms with Gasteiger partial charge in [-0.3, -0.25) is 0 Å². The van der Waals surface area contributed by atoms with Crippen LogP contribution < -0.4 is 0 Å². The number of nitrogens with zero attached hydrogens (tertiary/aromatic N) is 1. The number of carboxylic acids is 1. The number of carboxylic acid groups (broad SMARTS) is 1. The van der Waals surface area contributed by atoms with Gasteiger partial charge in [-0.05, 0) is 52.9 Å². The van der Waals surface area contributed by atoms with Crippen LogP contribution in [0.15, 0.2) is 45.3 Å². The van der Waals surface area contributed by atoms with Crippen molar-refractivity contribution >= 4 is 55.6 Å². The van der Waals surface area contributed by atoms with Crippen LogP contribution in [0.25, 0.3) is 22.6 Å². The normalized spacial score (nSPS) is 10.9. The lowest BCUT2D eigenvalue weighted by Gasteiger charge is -1.99. The summed E-state index contributed by atoms with van der Waals surface area (Å²) in [5.41, 5.74) is 1.80. The van der Waals surface area contributed by atoms with Crippen LogP contribution in [0.5, 0.6) is 0 Å². The van der Waals surface area contributed by atoms with Gasteiger partial charge in [-0.1, -0.05) is 22.0 Å². The van der Waals surface area contributed by atoms with Crippen molar-refractivity contribution in [3.8, 4) is 11.5 Å². The standard InChI is InChI=1S/C14H7BrINO3/c15-7-4-5-10(16)9(6-7)13-17-12-8(14(18)19)2-1-3-11(12)20-13/h1-6H,(H,18,19). The van der Waals surface area contributed by atoms with Crippen LogP contribution in [0.1, 0.15) is 10.4 Å². The zero-order valence-corrected chi connectivity index (χ0v) is 13.7. The summed E-state index contributed by atoms with van der Waals surface area (Å²) in [5.74, 6) is -0.598. The number of benzene rings is 2. The summed E-state index contributed by atoms with van der Waals surface area (Å²) in [6.07, 6.45) is 0. The Balaban J connectivity index is 2.26. The quantitative estimate of drug-likeness (QED) is 0.589. The molecule has 3 rings (SSSR count). The van der Waals surface area contributed by atoms with E-state index in [1.807, 2.05) is 18.2 Å². The van der Waals surface area contributed by atoms with E-state index in [4.69, 9.17) is 4.42 Å². The van der Waals surface area contributed by atoms with Gasteiger partial charge in [-0.25, -0.2) is 9.78 Å². The fraction of sp³-hybridized carbons (Fsp3) is 0. The lowest BCUT2D eigenvalue weighted by Crippen LogP contribution is -1.96. The van der Waals surface area contributed by atoms with Gasteiger partial charge >= 0.3 is 5.97 Å². The summed E-state index contributed by atoms with van der Waals surface area (Å²) in [5, 5.41) is 9.17. The number of halogens is 2. The number of para-hydroxylation sites is 1. The van der Waals surface area contributed by atoms with Gasteiger partial charge in [-0.2, -0.15) is 0 Å². The van der Waals surface area contributed by atoms with Crippen LogP contribution in [-0.4, -0.2) is 16.1 Å². The van der Waals surface area contributed by atoms with Crippen molar-refractivity contribution in [2.24, 2.45) is 0 Å². The highest BCUT2D eigenvalue weighted by Crippen LogP contribution is 2.31. The Morgan fingerprint density at radius 1 is 1.30 bits per heavy atom. The maximum atomic E-state index is 11.2. The average molecular weight is 444 g/mol. The molecule has 0 saturated carbocycles. The molecule has 0 bridgehead atoms. The third-order valence-electron chi connectivity index (χ3n) is 2.81. The van der Waals surface area contributed by atoms with Gasteiger partial charge in [0.05, 0.1) is 11.1 Å². The molecular weight excluding hydrogens is 437 g/mol. The van der Waals surface area contributed by atoms with E-state index < -0.39 is 5.97 Å². The Kier molecular flexibility index (Phi) is 3.51. The van der Waals surface area contributed by atoms with Gasteiger partial charge in [0.25, 0.3) is 0 Å². The summed E-state index contributed by atoms with van der Waals surface area (Å²) < 4.78 is 7.57. The molecule has 0 saturated heterocycles. The number of fused-ring (bicyclic) bond motifs is 1. The molecule has 0 aliphatic heterocycles. The van der Waals surface area contributed by atoms with E-state index in [1.165, 1.54) is 6.07 Å². The minimum absolute atomic E-state index is 0.141. The molecule has 0 amide bonds. The van der Waals surface area contributed by atoms with Crippen molar-refractivity contribution in [2.45, 2.75) is 0 Å². The van der Waals surface area contributed by atoms with Crippen molar-refractivity contribution in [1.82, 2.24) is 4.98 Å². The van der Waals surface area contributed by atoms with Gasteiger partial charge in [0, 0.05) is 8.04 Å². The van der Waals surface area contributed by atoms with E-state index >= 15 is 0 Å². The maximum Gasteiger partial charge on any atom is 0.338 e. The Bertz CT molecular complexity index is 828. The minimum atomic E-state index is -1.01. The van der Waals surface area contributed by atoms with Crippen molar-refractivity contribution < 1.29 is 14.3 Å². The second-order valence-corrected chi connectivity index (χ2v) is 6.18. The second-order valence-electron chi connectivity index (χ2n) is 4.10. The molecule has 2 aromatic carbocycles.